The van der Waals surface area contributed by atoms with Crippen molar-refractivity contribution < 1.29 is 4.74 Å². The second-order valence-corrected chi connectivity index (χ2v) is 12.1. The van der Waals surface area contributed by atoms with Crippen LogP contribution in [0.15, 0.2) is 121 Å². The number of hydrogen-bond donors (Lipinski definition) is 0. The highest BCUT2D eigenvalue weighted by Crippen LogP contribution is 2.55. The Balaban J connectivity index is 1.74. The minimum atomic E-state index is -2.01. The van der Waals surface area contributed by atoms with Gasteiger partial charge in [0.15, 0.2) is 6.35 Å². The zero-order valence-corrected chi connectivity index (χ0v) is 19.3. The molecule has 1 nitrogen and oxygen atoms in total. The molecule has 0 saturated carbocycles. The van der Waals surface area contributed by atoms with Crippen molar-refractivity contribution in [2.75, 3.05) is 13.0 Å². The van der Waals surface area contributed by atoms with E-state index in [-0.39, 0.29) is 0 Å². The van der Waals surface area contributed by atoms with Gasteiger partial charge in [-0.3, -0.25) is 0 Å². The minimum absolute atomic E-state index is 0.437. The maximum atomic E-state index is 6.92. The number of hydrogen-bond acceptors (Lipinski definition) is 1. The summed E-state index contributed by atoms with van der Waals surface area (Å²) in [6.07, 6.45) is 0.597. The molecule has 0 amide bonds. The molecule has 0 fully saturated rings. The normalized spacial score (nSPS) is 13.5. The van der Waals surface area contributed by atoms with Crippen molar-refractivity contribution >= 4 is 34.8 Å². The molecule has 0 aromatic heterocycles. The van der Waals surface area contributed by atoms with Crippen LogP contribution >= 0.6 is 18.9 Å². The number of halogens is 1. The second kappa shape index (κ2) is 9.79. The molecule has 0 saturated heterocycles. The molecule has 0 N–H and O–H groups in total. The monoisotopic (exact) mass is 445 g/mol. The van der Waals surface area contributed by atoms with Crippen LogP contribution < -0.4 is 15.9 Å². The third-order valence-electron chi connectivity index (χ3n) is 5.62. The van der Waals surface area contributed by atoms with Gasteiger partial charge in [0.25, 0.3) is 0 Å². The largest absolute Gasteiger partial charge is 0.343 e. The van der Waals surface area contributed by atoms with Gasteiger partial charge >= 0.3 is 0 Å². The van der Waals surface area contributed by atoms with Crippen molar-refractivity contribution in [1.29, 1.82) is 0 Å². The zero-order chi connectivity index (χ0) is 21.6. The SMILES string of the molecule is CC(Cl)(COC[P+](c1ccccc1)(c1ccccc1)c1ccccc1)c1ccccc1. The molecule has 0 spiro atoms. The van der Waals surface area contributed by atoms with E-state index in [1.54, 1.807) is 0 Å². The Morgan fingerprint density at radius 2 is 0.968 bits per heavy atom. The van der Waals surface area contributed by atoms with Gasteiger partial charge in [-0.05, 0) is 48.9 Å². The topological polar surface area (TPSA) is 9.23 Å². The highest BCUT2D eigenvalue weighted by Gasteiger charge is 2.46. The summed E-state index contributed by atoms with van der Waals surface area (Å²) in [5.74, 6) is 0. The third-order valence-corrected chi connectivity index (χ3v) is 10.1. The van der Waals surface area contributed by atoms with E-state index in [0.717, 1.165) is 5.56 Å². The van der Waals surface area contributed by atoms with Crippen LogP contribution in [-0.4, -0.2) is 13.0 Å². The van der Waals surface area contributed by atoms with Crippen LogP contribution in [0.25, 0.3) is 0 Å². The van der Waals surface area contributed by atoms with Crippen LogP contribution in [0.4, 0.5) is 0 Å². The lowest BCUT2D eigenvalue weighted by Gasteiger charge is -2.29. The van der Waals surface area contributed by atoms with Gasteiger partial charge in [0, 0.05) is 0 Å². The van der Waals surface area contributed by atoms with Gasteiger partial charge in [-0.15, -0.1) is 11.6 Å². The molecular formula is C28H27ClOP+. The highest BCUT2D eigenvalue weighted by atomic mass is 35.5. The predicted octanol–water partition coefficient (Wildman–Crippen LogP) is 6.11. The summed E-state index contributed by atoms with van der Waals surface area (Å²) in [6.45, 7) is 2.46. The van der Waals surface area contributed by atoms with Crippen LogP contribution in [-0.2, 0) is 9.61 Å². The molecule has 0 aliphatic carbocycles. The molecule has 0 aliphatic heterocycles. The van der Waals surface area contributed by atoms with E-state index in [0.29, 0.717) is 13.0 Å². The summed E-state index contributed by atoms with van der Waals surface area (Å²) in [5, 5.41) is 3.93. The first kappa shape index (κ1) is 21.8. The lowest BCUT2D eigenvalue weighted by molar-refractivity contribution is 0.154. The molecule has 0 radical (unpaired) electrons. The molecule has 4 rings (SSSR count). The van der Waals surface area contributed by atoms with E-state index in [1.807, 2.05) is 25.1 Å². The van der Waals surface area contributed by atoms with Gasteiger partial charge in [-0.2, -0.15) is 0 Å². The molecule has 0 aliphatic rings. The van der Waals surface area contributed by atoms with Crippen molar-refractivity contribution in [3.63, 3.8) is 0 Å². The lowest BCUT2D eigenvalue weighted by Crippen LogP contribution is -2.35. The van der Waals surface area contributed by atoms with Gasteiger partial charge in [0.2, 0.25) is 0 Å². The zero-order valence-electron chi connectivity index (χ0n) is 17.7. The van der Waals surface area contributed by atoms with Gasteiger partial charge in [-0.25, -0.2) is 0 Å². The summed E-state index contributed by atoms with van der Waals surface area (Å²) in [5.41, 5.74) is 1.07. The van der Waals surface area contributed by atoms with Gasteiger partial charge in [-0.1, -0.05) is 84.9 Å². The van der Waals surface area contributed by atoms with E-state index in [2.05, 4.69) is 103 Å². The van der Waals surface area contributed by atoms with Crippen LogP contribution in [0.1, 0.15) is 12.5 Å². The highest BCUT2D eigenvalue weighted by molar-refractivity contribution is 7.95. The summed E-state index contributed by atoms with van der Waals surface area (Å²) in [6, 6.07) is 42.5. The fraction of sp³-hybridized carbons (Fsp3) is 0.143. The molecule has 1 atom stereocenters. The van der Waals surface area contributed by atoms with Crippen molar-refractivity contribution in [3.05, 3.63) is 127 Å². The summed E-state index contributed by atoms with van der Waals surface area (Å²) < 4.78 is 6.50. The average molecular weight is 446 g/mol. The molecule has 1 unspecified atom stereocenters. The molecule has 4 aromatic rings. The summed E-state index contributed by atoms with van der Waals surface area (Å²) >= 11 is 6.92. The van der Waals surface area contributed by atoms with E-state index in [1.165, 1.54) is 15.9 Å². The number of rotatable bonds is 8. The molecule has 0 bridgehead atoms. The Morgan fingerprint density at radius 1 is 0.613 bits per heavy atom. The molecular weight excluding hydrogens is 419 g/mol. The average Bonchev–Trinajstić information content (AvgIpc) is 2.84. The fourth-order valence-electron chi connectivity index (χ4n) is 3.96. The number of benzene rings is 4. The Labute approximate surface area is 191 Å². The first-order valence-electron chi connectivity index (χ1n) is 10.5. The van der Waals surface area contributed by atoms with Crippen LogP contribution in [0, 0.1) is 0 Å². The van der Waals surface area contributed by atoms with Crippen LogP contribution in [0.2, 0.25) is 0 Å². The van der Waals surface area contributed by atoms with E-state index in [4.69, 9.17) is 16.3 Å². The van der Waals surface area contributed by atoms with E-state index < -0.39 is 12.1 Å². The van der Waals surface area contributed by atoms with Gasteiger partial charge in [0.1, 0.15) is 23.2 Å². The fourth-order valence-corrected chi connectivity index (χ4v) is 7.91. The van der Waals surface area contributed by atoms with E-state index in [9.17, 15) is 0 Å². The Kier molecular flexibility index (Phi) is 6.88. The summed E-state index contributed by atoms with van der Waals surface area (Å²) in [4.78, 5) is -0.582. The van der Waals surface area contributed by atoms with Gasteiger partial charge < -0.3 is 4.74 Å². The van der Waals surface area contributed by atoms with Gasteiger partial charge in [0.05, 0.1) is 11.5 Å². The van der Waals surface area contributed by atoms with Crippen molar-refractivity contribution in [3.8, 4) is 0 Å². The van der Waals surface area contributed by atoms with Crippen LogP contribution in [0.5, 0.6) is 0 Å². The number of ether oxygens (including phenoxy) is 1. The predicted molar refractivity (Wildman–Crippen MR) is 136 cm³/mol. The van der Waals surface area contributed by atoms with Crippen LogP contribution in [0.3, 0.4) is 0 Å². The standard InChI is InChI=1S/C28H27ClOP/c1-28(29,24-14-6-2-7-15-24)22-30-23-31(25-16-8-3-9-17-25,26-18-10-4-11-19-26)27-20-12-5-13-21-27/h2-21H,22-23H2,1H3/q+1. The quantitative estimate of drug-likeness (QED) is 0.235. The maximum absolute atomic E-state index is 6.92. The lowest BCUT2D eigenvalue weighted by atomic mass is 10.0. The van der Waals surface area contributed by atoms with Crippen molar-refractivity contribution in [2.45, 2.75) is 11.8 Å². The Hall–Kier alpha value is -2.44. The second-order valence-electron chi connectivity index (χ2n) is 7.86. The molecule has 0 heterocycles. The minimum Gasteiger partial charge on any atom is -0.343 e. The van der Waals surface area contributed by atoms with Crippen molar-refractivity contribution in [2.24, 2.45) is 0 Å². The summed E-state index contributed by atoms with van der Waals surface area (Å²) in [7, 11) is -2.01. The first-order chi connectivity index (χ1) is 15.1. The number of alkyl halides is 1. The molecule has 3 heteroatoms. The Morgan fingerprint density at radius 3 is 1.35 bits per heavy atom. The van der Waals surface area contributed by atoms with E-state index >= 15 is 0 Å². The molecule has 156 valence electrons. The first-order valence-corrected chi connectivity index (χ1v) is 12.9. The Bertz CT molecular complexity index is 970. The maximum Gasteiger partial charge on any atom is 0.171 e. The third kappa shape index (κ3) is 4.75. The smallest absolute Gasteiger partial charge is 0.171 e. The van der Waals surface area contributed by atoms with Crippen molar-refractivity contribution in [1.82, 2.24) is 0 Å². The molecule has 4 aromatic carbocycles. The molecule has 31 heavy (non-hydrogen) atoms.